The van der Waals surface area contributed by atoms with E-state index in [1.165, 1.54) is 0 Å². The maximum absolute atomic E-state index is 11.7. The predicted molar refractivity (Wildman–Crippen MR) is 75.2 cm³/mol. The molecule has 2 rings (SSSR count). The van der Waals surface area contributed by atoms with Gasteiger partial charge in [0.2, 0.25) is 10.0 Å². The van der Waals surface area contributed by atoms with Crippen molar-refractivity contribution in [3.63, 3.8) is 0 Å². The Kier molecular flexibility index (Phi) is 4.24. The Labute approximate surface area is 116 Å². The molecular formula is C11H16BrN3O2S. The minimum Gasteiger partial charge on any atom is -0.354 e. The number of hydrogen-bond acceptors (Lipinski definition) is 4. The van der Waals surface area contributed by atoms with E-state index in [0.29, 0.717) is 26.2 Å². The average Bonchev–Trinajstić information content (AvgIpc) is 2.40. The Bertz CT molecular complexity index is 496. The molecule has 0 N–H and O–H groups in total. The van der Waals surface area contributed by atoms with Gasteiger partial charge >= 0.3 is 0 Å². The molecule has 100 valence electrons. The van der Waals surface area contributed by atoms with Crippen LogP contribution in [-0.2, 0) is 10.0 Å². The smallest absolute Gasteiger partial charge is 0.213 e. The lowest BCUT2D eigenvalue weighted by molar-refractivity contribution is 0.384. The molecule has 0 unspecified atom stereocenters. The van der Waals surface area contributed by atoms with Crippen molar-refractivity contribution < 1.29 is 8.42 Å². The van der Waals surface area contributed by atoms with Gasteiger partial charge in [0, 0.05) is 36.8 Å². The van der Waals surface area contributed by atoms with E-state index in [1.54, 1.807) is 17.4 Å². The van der Waals surface area contributed by atoms with Gasteiger partial charge in [0.25, 0.3) is 0 Å². The van der Waals surface area contributed by atoms with E-state index < -0.39 is 10.0 Å². The maximum atomic E-state index is 11.7. The lowest BCUT2D eigenvalue weighted by Crippen LogP contribution is -2.49. The molecule has 0 saturated carbocycles. The summed E-state index contributed by atoms with van der Waals surface area (Å²) >= 11 is 3.35. The molecule has 0 bridgehead atoms. The van der Waals surface area contributed by atoms with Crippen LogP contribution in [0.25, 0.3) is 0 Å². The van der Waals surface area contributed by atoms with E-state index in [4.69, 9.17) is 0 Å². The van der Waals surface area contributed by atoms with Crippen molar-refractivity contribution in [1.29, 1.82) is 0 Å². The number of rotatable bonds is 3. The summed E-state index contributed by atoms with van der Waals surface area (Å²) in [4.78, 5) is 6.43. The fourth-order valence-electron chi connectivity index (χ4n) is 1.93. The third kappa shape index (κ3) is 3.02. The van der Waals surface area contributed by atoms with E-state index in [1.807, 2.05) is 12.1 Å². The van der Waals surface area contributed by atoms with Crippen molar-refractivity contribution in [2.45, 2.75) is 6.92 Å². The van der Waals surface area contributed by atoms with Crippen LogP contribution in [0.3, 0.4) is 0 Å². The van der Waals surface area contributed by atoms with Gasteiger partial charge in [0.1, 0.15) is 5.82 Å². The zero-order valence-corrected chi connectivity index (χ0v) is 12.6. The molecule has 1 fully saturated rings. The van der Waals surface area contributed by atoms with Crippen molar-refractivity contribution in [3.05, 3.63) is 22.8 Å². The van der Waals surface area contributed by atoms with Crippen LogP contribution in [0.2, 0.25) is 0 Å². The lowest BCUT2D eigenvalue weighted by Gasteiger charge is -2.34. The van der Waals surface area contributed by atoms with Crippen LogP contribution in [0.15, 0.2) is 22.8 Å². The summed E-state index contributed by atoms with van der Waals surface area (Å²) in [7, 11) is -3.05. The van der Waals surface area contributed by atoms with E-state index >= 15 is 0 Å². The van der Waals surface area contributed by atoms with Gasteiger partial charge in [-0.25, -0.2) is 13.4 Å². The minimum absolute atomic E-state index is 0.170. The summed E-state index contributed by atoms with van der Waals surface area (Å²) < 4.78 is 26.0. The van der Waals surface area contributed by atoms with Crippen molar-refractivity contribution in [1.82, 2.24) is 9.29 Å². The number of sulfonamides is 1. The number of anilines is 1. The van der Waals surface area contributed by atoms with Crippen LogP contribution in [0.5, 0.6) is 0 Å². The van der Waals surface area contributed by atoms with E-state index in [-0.39, 0.29) is 5.75 Å². The van der Waals surface area contributed by atoms with Crippen molar-refractivity contribution in [2.24, 2.45) is 0 Å². The van der Waals surface area contributed by atoms with Crippen molar-refractivity contribution in [2.75, 3.05) is 36.8 Å². The van der Waals surface area contributed by atoms with Crippen LogP contribution in [-0.4, -0.2) is 49.6 Å². The summed E-state index contributed by atoms with van der Waals surface area (Å²) in [5.41, 5.74) is 0. The molecule has 1 aliphatic heterocycles. The third-order valence-electron chi connectivity index (χ3n) is 3.03. The molecular weight excluding hydrogens is 318 g/mol. The molecule has 1 saturated heterocycles. The van der Waals surface area contributed by atoms with E-state index in [9.17, 15) is 8.42 Å². The molecule has 1 aliphatic rings. The first-order valence-electron chi connectivity index (χ1n) is 5.87. The summed E-state index contributed by atoms with van der Waals surface area (Å²) in [5.74, 6) is 1.07. The number of pyridine rings is 1. The lowest BCUT2D eigenvalue weighted by atomic mass is 10.3. The normalized spacial score (nSPS) is 18.0. The highest BCUT2D eigenvalue weighted by Gasteiger charge is 2.25. The number of halogens is 1. The van der Waals surface area contributed by atoms with Gasteiger partial charge < -0.3 is 4.90 Å². The average molecular weight is 334 g/mol. The number of nitrogens with zero attached hydrogens (tertiary/aromatic N) is 3. The molecule has 7 heteroatoms. The van der Waals surface area contributed by atoms with Crippen LogP contribution in [0, 0.1) is 0 Å². The largest absolute Gasteiger partial charge is 0.354 e. The van der Waals surface area contributed by atoms with Crippen molar-refractivity contribution in [3.8, 4) is 0 Å². The molecule has 0 radical (unpaired) electrons. The molecule has 2 heterocycles. The summed E-state index contributed by atoms with van der Waals surface area (Å²) in [6.45, 7) is 4.13. The fraction of sp³-hybridized carbons (Fsp3) is 0.545. The van der Waals surface area contributed by atoms with Gasteiger partial charge in [0.15, 0.2) is 0 Å². The van der Waals surface area contributed by atoms with Gasteiger partial charge in [-0.1, -0.05) is 0 Å². The topological polar surface area (TPSA) is 53.5 Å². The fourth-order valence-corrected chi connectivity index (χ4v) is 3.25. The van der Waals surface area contributed by atoms with Crippen molar-refractivity contribution >= 4 is 31.8 Å². The van der Waals surface area contributed by atoms with Gasteiger partial charge in [-0.3, -0.25) is 0 Å². The van der Waals surface area contributed by atoms with Crippen LogP contribution >= 0.6 is 15.9 Å². The third-order valence-corrected chi connectivity index (χ3v) is 5.38. The quantitative estimate of drug-likeness (QED) is 0.837. The van der Waals surface area contributed by atoms with Crippen LogP contribution in [0.1, 0.15) is 6.92 Å². The second-order valence-electron chi connectivity index (χ2n) is 4.12. The highest BCUT2D eigenvalue weighted by Crippen LogP contribution is 2.17. The SMILES string of the molecule is CCS(=O)(=O)N1CCN(c2ccc(Br)cn2)CC1. The monoisotopic (exact) mass is 333 g/mol. The minimum atomic E-state index is -3.05. The second-order valence-corrected chi connectivity index (χ2v) is 7.29. The Balaban J connectivity index is 2.01. The van der Waals surface area contributed by atoms with Gasteiger partial charge in [0.05, 0.1) is 5.75 Å². The molecule has 1 aromatic heterocycles. The molecule has 0 aromatic carbocycles. The first-order valence-corrected chi connectivity index (χ1v) is 8.27. The van der Waals surface area contributed by atoms with E-state index in [2.05, 4.69) is 25.8 Å². The molecule has 0 spiro atoms. The maximum Gasteiger partial charge on any atom is 0.213 e. The molecule has 0 aliphatic carbocycles. The second kappa shape index (κ2) is 5.54. The Morgan fingerprint density at radius 3 is 2.44 bits per heavy atom. The number of aromatic nitrogens is 1. The van der Waals surface area contributed by atoms with Gasteiger partial charge in [-0.2, -0.15) is 4.31 Å². The molecule has 18 heavy (non-hydrogen) atoms. The van der Waals surface area contributed by atoms with Gasteiger partial charge in [-0.05, 0) is 35.0 Å². The van der Waals surface area contributed by atoms with Crippen LogP contribution in [0.4, 0.5) is 5.82 Å². The van der Waals surface area contributed by atoms with Gasteiger partial charge in [-0.15, -0.1) is 0 Å². The summed E-state index contributed by atoms with van der Waals surface area (Å²) in [5, 5.41) is 0. The highest BCUT2D eigenvalue weighted by molar-refractivity contribution is 9.10. The molecule has 0 amide bonds. The first-order chi connectivity index (χ1) is 8.53. The Morgan fingerprint density at radius 1 is 1.28 bits per heavy atom. The number of hydrogen-bond donors (Lipinski definition) is 0. The zero-order chi connectivity index (χ0) is 13.2. The van der Waals surface area contributed by atoms with Crippen LogP contribution < -0.4 is 4.90 Å². The molecule has 1 aromatic rings. The summed E-state index contributed by atoms with van der Waals surface area (Å²) in [6.07, 6.45) is 1.75. The number of piperazine rings is 1. The Morgan fingerprint density at radius 2 is 1.94 bits per heavy atom. The molecule has 5 nitrogen and oxygen atoms in total. The molecule has 0 atom stereocenters. The highest BCUT2D eigenvalue weighted by atomic mass is 79.9. The Hall–Kier alpha value is -0.660. The standard InChI is InChI=1S/C11H16BrN3O2S/c1-2-18(16,17)15-7-5-14(6-8-15)11-4-3-10(12)9-13-11/h3-4,9H,2,5-8H2,1H3. The zero-order valence-electron chi connectivity index (χ0n) is 10.2. The summed E-state index contributed by atoms with van der Waals surface area (Å²) in [6, 6.07) is 3.88. The first kappa shape index (κ1) is 13.8. The van der Waals surface area contributed by atoms with E-state index in [0.717, 1.165) is 10.3 Å². The predicted octanol–water partition coefficient (Wildman–Crippen LogP) is 1.32.